The van der Waals surface area contributed by atoms with E-state index in [9.17, 15) is 9.50 Å². The first-order chi connectivity index (χ1) is 9.58. The van der Waals surface area contributed by atoms with E-state index in [2.05, 4.69) is 10.00 Å². The summed E-state index contributed by atoms with van der Waals surface area (Å²) in [5.74, 6) is -0.231. The van der Waals surface area contributed by atoms with Crippen LogP contribution in [-0.2, 0) is 20.1 Å². The van der Waals surface area contributed by atoms with Gasteiger partial charge in [-0.05, 0) is 24.6 Å². The largest absolute Gasteiger partial charge is 0.395 e. The van der Waals surface area contributed by atoms with E-state index in [1.807, 2.05) is 20.2 Å². The van der Waals surface area contributed by atoms with Crippen LogP contribution in [0.5, 0.6) is 0 Å². The van der Waals surface area contributed by atoms with Gasteiger partial charge >= 0.3 is 0 Å². The average molecular weight is 277 g/mol. The van der Waals surface area contributed by atoms with Crippen LogP contribution in [0.25, 0.3) is 0 Å². The number of aliphatic hydroxyl groups excluding tert-OH is 1. The van der Waals surface area contributed by atoms with Crippen molar-refractivity contribution in [3.05, 3.63) is 53.1 Å². The fourth-order valence-corrected chi connectivity index (χ4v) is 2.25. The molecule has 4 nitrogen and oxygen atoms in total. The number of aryl methyl sites for hydroxylation is 2. The molecule has 1 N–H and O–H groups in total. The van der Waals surface area contributed by atoms with Crippen molar-refractivity contribution >= 4 is 0 Å². The van der Waals surface area contributed by atoms with E-state index < -0.39 is 0 Å². The maximum Gasteiger partial charge on any atom is 0.123 e. The lowest BCUT2D eigenvalue weighted by Gasteiger charge is -2.21. The van der Waals surface area contributed by atoms with E-state index in [1.165, 1.54) is 12.1 Å². The number of aliphatic hydroxyl groups is 1. The molecular formula is C15H20FN3O. The van der Waals surface area contributed by atoms with Crippen LogP contribution in [-0.4, -0.2) is 32.9 Å². The second-order valence-corrected chi connectivity index (χ2v) is 4.97. The van der Waals surface area contributed by atoms with Gasteiger partial charge in [-0.25, -0.2) is 4.39 Å². The molecule has 0 fully saturated rings. The molecule has 108 valence electrons. The van der Waals surface area contributed by atoms with Gasteiger partial charge in [0.2, 0.25) is 0 Å². The van der Waals surface area contributed by atoms with E-state index in [-0.39, 0.29) is 12.4 Å². The van der Waals surface area contributed by atoms with E-state index in [0.29, 0.717) is 13.1 Å². The molecule has 0 bridgehead atoms. The predicted molar refractivity (Wildman–Crippen MR) is 75.5 cm³/mol. The number of rotatable bonds is 6. The van der Waals surface area contributed by atoms with E-state index >= 15 is 0 Å². The topological polar surface area (TPSA) is 41.3 Å². The van der Waals surface area contributed by atoms with Crippen LogP contribution in [0, 0.1) is 12.7 Å². The van der Waals surface area contributed by atoms with Crippen molar-refractivity contribution in [2.75, 3.05) is 13.2 Å². The zero-order valence-electron chi connectivity index (χ0n) is 11.9. The van der Waals surface area contributed by atoms with E-state index in [4.69, 9.17) is 0 Å². The van der Waals surface area contributed by atoms with Gasteiger partial charge in [0.15, 0.2) is 0 Å². The summed E-state index contributed by atoms with van der Waals surface area (Å²) in [7, 11) is 1.90. The summed E-state index contributed by atoms with van der Waals surface area (Å²) >= 11 is 0. The summed E-state index contributed by atoms with van der Waals surface area (Å²) in [6.45, 7) is 4.04. The first-order valence-corrected chi connectivity index (χ1v) is 6.65. The van der Waals surface area contributed by atoms with Crippen LogP contribution in [0.4, 0.5) is 4.39 Å². The molecule has 2 aromatic rings. The Balaban J connectivity index is 2.06. The summed E-state index contributed by atoms with van der Waals surface area (Å²) in [4.78, 5) is 2.12. The lowest BCUT2D eigenvalue weighted by Crippen LogP contribution is -2.26. The first kappa shape index (κ1) is 14.7. The molecule has 0 aliphatic rings. The molecule has 1 heterocycles. The summed E-state index contributed by atoms with van der Waals surface area (Å²) in [6.07, 6.45) is 1.99. The minimum atomic E-state index is -0.231. The van der Waals surface area contributed by atoms with Crippen LogP contribution >= 0.6 is 0 Å². The third kappa shape index (κ3) is 3.88. The van der Waals surface area contributed by atoms with Gasteiger partial charge in [-0.15, -0.1) is 0 Å². The number of hydrogen-bond donors (Lipinski definition) is 1. The Labute approximate surface area is 118 Å². The van der Waals surface area contributed by atoms with Crippen LogP contribution in [0.3, 0.4) is 0 Å². The number of halogens is 1. The molecule has 0 saturated carbocycles. The van der Waals surface area contributed by atoms with Gasteiger partial charge in [0.1, 0.15) is 5.82 Å². The van der Waals surface area contributed by atoms with E-state index in [1.54, 1.807) is 16.8 Å². The van der Waals surface area contributed by atoms with Crippen molar-refractivity contribution in [1.29, 1.82) is 0 Å². The highest BCUT2D eigenvalue weighted by atomic mass is 19.1. The van der Waals surface area contributed by atoms with Gasteiger partial charge < -0.3 is 5.11 Å². The number of nitrogens with zero attached hydrogens (tertiary/aromatic N) is 3. The second-order valence-electron chi connectivity index (χ2n) is 4.97. The zero-order chi connectivity index (χ0) is 14.5. The predicted octanol–water partition coefficient (Wildman–Crippen LogP) is 1.86. The quantitative estimate of drug-likeness (QED) is 0.876. The molecule has 1 aromatic heterocycles. The standard InChI is InChI=1S/C15H20FN3O/c1-12-14(10-18(2)17-12)11-19(7-8-20)9-13-3-5-15(16)6-4-13/h3-6,10,20H,7-9,11H2,1-2H3. The van der Waals surface area contributed by atoms with E-state index in [0.717, 1.165) is 23.4 Å². The SMILES string of the molecule is Cc1nn(C)cc1CN(CCO)Cc1ccc(F)cc1. The third-order valence-corrected chi connectivity index (χ3v) is 3.24. The number of aromatic nitrogens is 2. The molecule has 0 aliphatic heterocycles. The minimum Gasteiger partial charge on any atom is -0.395 e. The highest BCUT2D eigenvalue weighted by molar-refractivity contribution is 5.18. The first-order valence-electron chi connectivity index (χ1n) is 6.65. The summed E-state index contributed by atoms with van der Waals surface area (Å²) in [6, 6.07) is 6.47. The Kier molecular flexibility index (Phi) is 4.87. The fourth-order valence-electron chi connectivity index (χ4n) is 2.25. The molecule has 20 heavy (non-hydrogen) atoms. The highest BCUT2D eigenvalue weighted by Crippen LogP contribution is 2.12. The number of benzene rings is 1. The van der Waals surface area contributed by atoms with Crippen LogP contribution in [0.2, 0.25) is 0 Å². The molecule has 0 amide bonds. The third-order valence-electron chi connectivity index (χ3n) is 3.24. The Morgan fingerprint density at radius 1 is 1.25 bits per heavy atom. The molecule has 0 spiro atoms. The Morgan fingerprint density at radius 2 is 1.95 bits per heavy atom. The van der Waals surface area contributed by atoms with Crippen molar-refractivity contribution in [2.45, 2.75) is 20.0 Å². The maximum atomic E-state index is 12.9. The van der Waals surface area contributed by atoms with Crippen LogP contribution < -0.4 is 0 Å². The highest BCUT2D eigenvalue weighted by Gasteiger charge is 2.10. The number of hydrogen-bond acceptors (Lipinski definition) is 3. The Morgan fingerprint density at radius 3 is 2.50 bits per heavy atom. The summed E-state index contributed by atoms with van der Waals surface area (Å²) in [5, 5.41) is 13.5. The van der Waals surface area contributed by atoms with Crippen LogP contribution in [0.1, 0.15) is 16.8 Å². The maximum absolute atomic E-state index is 12.9. The monoisotopic (exact) mass is 277 g/mol. The molecular weight excluding hydrogens is 257 g/mol. The summed E-state index contributed by atoms with van der Waals surface area (Å²) in [5.41, 5.74) is 3.17. The van der Waals surface area contributed by atoms with Gasteiger partial charge in [-0.1, -0.05) is 12.1 Å². The molecule has 5 heteroatoms. The van der Waals surface area contributed by atoms with Crippen molar-refractivity contribution in [3.8, 4) is 0 Å². The fraction of sp³-hybridized carbons (Fsp3) is 0.400. The van der Waals surface area contributed by atoms with Crippen LogP contribution in [0.15, 0.2) is 30.5 Å². The normalized spacial score (nSPS) is 11.2. The molecule has 2 rings (SSSR count). The molecule has 0 aliphatic carbocycles. The van der Waals surface area contributed by atoms with Gasteiger partial charge in [0.05, 0.1) is 12.3 Å². The van der Waals surface area contributed by atoms with Gasteiger partial charge in [-0.3, -0.25) is 9.58 Å². The van der Waals surface area contributed by atoms with Gasteiger partial charge in [0.25, 0.3) is 0 Å². The minimum absolute atomic E-state index is 0.0977. The summed E-state index contributed by atoms with van der Waals surface area (Å²) < 4.78 is 14.7. The zero-order valence-corrected chi connectivity index (χ0v) is 11.9. The lowest BCUT2D eigenvalue weighted by molar-refractivity contribution is 0.184. The van der Waals surface area contributed by atoms with Gasteiger partial charge in [0, 0.05) is 38.4 Å². The second kappa shape index (κ2) is 6.63. The average Bonchev–Trinajstić information content (AvgIpc) is 2.71. The molecule has 0 radical (unpaired) electrons. The van der Waals surface area contributed by atoms with Crippen molar-refractivity contribution in [2.24, 2.45) is 7.05 Å². The molecule has 0 unspecified atom stereocenters. The molecule has 0 atom stereocenters. The van der Waals surface area contributed by atoms with Crippen molar-refractivity contribution in [1.82, 2.24) is 14.7 Å². The smallest absolute Gasteiger partial charge is 0.123 e. The molecule has 1 aromatic carbocycles. The van der Waals surface area contributed by atoms with Crippen molar-refractivity contribution in [3.63, 3.8) is 0 Å². The molecule has 0 saturated heterocycles. The lowest BCUT2D eigenvalue weighted by atomic mass is 10.2. The van der Waals surface area contributed by atoms with Gasteiger partial charge in [-0.2, -0.15) is 5.10 Å². The van der Waals surface area contributed by atoms with Crippen molar-refractivity contribution < 1.29 is 9.50 Å². The Bertz CT molecular complexity index is 551. The Hall–Kier alpha value is -1.72.